The van der Waals surface area contributed by atoms with E-state index in [0.717, 1.165) is 31.8 Å². The molecule has 1 amide bonds. The summed E-state index contributed by atoms with van der Waals surface area (Å²) in [4.78, 5) is 11.4. The van der Waals surface area contributed by atoms with E-state index in [-0.39, 0.29) is 5.91 Å². The van der Waals surface area contributed by atoms with Crippen LogP contribution in [0.1, 0.15) is 57.8 Å². The van der Waals surface area contributed by atoms with Gasteiger partial charge in [-0.3, -0.25) is 4.79 Å². The molecular weight excluding hydrogens is 212 g/mol. The Balaban J connectivity index is 1.55. The van der Waals surface area contributed by atoms with Crippen LogP contribution in [0.3, 0.4) is 0 Å². The predicted octanol–water partition coefficient (Wildman–Crippen LogP) is 2.22. The Bertz CT molecular complexity index is 236. The van der Waals surface area contributed by atoms with Crippen LogP contribution in [0.25, 0.3) is 0 Å². The van der Waals surface area contributed by atoms with Crippen LogP contribution in [0.5, 0.6) is 0 Å². The molecule has 98 valence electrons. The molecule has 1 heterocycles. The van der Waals surface area contributed by atoms with E-state index in [9.17, 15) is 4.79 Å². The van der Waals surface area contributed by atoms with E-state index in [1.165, 1.54) is 38.5 Å². The third kappa shape index (κ3) is 4.66. The van der Waals surface area contributed by atoms with Crippen LogP contribution in [0.2, 0.25) is 0 Å². The summed E-state index contributed by atoms with van der Waals surface area (Å²) >= 11 is 0. The minimum Gasteiger partial charge on any atom is -0.356 e. The van der Waals surface area contributed by atoms with Gasteiger partial charge in [0.15, 0.2) is 0 Å². The minimum atomic E-state index is 0.218. The Morgan fingerprint density at radius 2 is 2.00 bits per heavy atom. The normalized spacial score (nSPS) is 26.8. The second-order valence-electron chi connectivity index (χ2n) is 5.64. The molecule has 0 bridgehead atoms. The van der Waals surface area contributed by atoms with Gasteiger partial charge in [-0.2, -0.15) is 0 Å². The molecule has 2 aliphatic rings. The first kappa shape index (κ1) is 12.9. The third-order valence-electron chi connectivity index (χ3n) is 4.18. The van der Waals surface area contributed by atoms with Crippen molar-refractivity contribution in [3.05, 3.63) is 0 Å². The van der Waals surface area contributed by atoms with Crippen molar-refractivity contribution in [1.82, 2.24) is 10.6 Å². The lowest BCUT2D eigenvalue weighted by Gasteiger charge is -2.16. The summed E-state index contributed by atoms with van der Waals surface area (Å²) < 4.78 is 0. The summed E-state index contributed by atoms with van der Waals surface area (Å²) in [5.41, 5.74) is 0. The molecule has 1 unspecified atom stereocenters. The highest BCUT2D eigenvalue weighted by Crippen LogP contribution is 2.28. The van der Waals surface area contributed by atoms with E-state index in [2.05, 4.69) is 10.6 Å². The van der Waals surface area contributed by atoms with Crippen molar-refractivity contribution >= 4 is 5.91 Å². The molecule has 0 aromatic heterocycles. The minimum absolute atomic E-state index is 0.218. The molecule has 1 aliphatic carbocycles. The van der Waals surface area contributed by atoms with Crippen molar-refractivity contribution in [3.63, 3.8) is 0 Å². The fraction of sp³-hybridized carbons (Fsp3) is 0.929. The summed E-state index contributed by atoms with van der Waals surface area (Å²) in [5, 5.41) is 6.49. The molecular formula is C14H26N2O. The highest BCUT2D eigenvalue weighted by Gasteiger charge is 2.17. The molecule has 0 aromatic rings. The van der Waals surface area contributed by atoms with Crippen LogP contribution in [0.4, 0.5) is 0 Å². The zero-order valence-corrected chi connectivity index (χ0v) is 10.8. The van der Waals surface area contributed by atoms with Crippen molar-refractivity contribution in [2.45, 2.75) is 63.8 Å². The Kier molecular flexibility index (Phi) is 5.30. The van der Waals surface area contributed by atoms with Gasteiger partial charge in [-0.05, 0) is 38.1 Å². The van der Waals surface area contributed by atoms with Crippen LogP contribution < -0.4 is 10.6 Å². The largest absolute Gasteiger partial charge is 0.356 e. The van der Waals surface area contributed by atoms with Crippen LogP contribution in [-0.4, -0.2) is 25.0 Å². The first-order chi connectivity index (χ1) is 8.34. The summed E-state index contributed by atoms with van der Waals surface area (Å²) in [5.74, 6) is 1.21. The maximum atomic E-state index is 11.4. The van der Waals surface area contributed by atoms with Gasteiger partial charge >= 0.3 is 0 Å². The molecule has 2 N–H and O–H groups in total. The fourth-order valence-electron chi connectivity index (χ4n) is 3.14. The van der Waals surface area contributed by atoms with Gasteiger partial charge in [0.05, 0.1) is 0 Å². The topological polar surface area (TPSA) is 41.1 Å². The molecule has 1 atom stereocenters. The van der Waals surface area contributed by atoms with E-state index in [1.54, 1.807) is 0 Å². The van der Waals surface area contributed by atoms with Crippen molar-refractivity contribution in [3.8, 4) is 0 Å². The number of carbonyl (C=O) groups excluding carboxylic acids is 1. The summed E-state index contributed by atoms with van der Waals surface area (Å²) in [6, 6.07) is 0.418. The molecule has 1 saturated carbocycles. The molecule has 2 fully saturated rings. The van der Waals surface area contributed by atoms with Crippen LogP contribution in [0, 0.1) is 5.92 Å². The van der Waals surface area contributed by atoms with Gasteiger partial charge < -0.3 is 10.6 Å². The standard InChI is InChI=1S/C14H26N2O/c17-14-11-13(8-4-10-16-14)15-9-3-7-12-5-1-2-6-12/h12-13,15H,1-11H2,(H,16,17). The number of nitrogens with one attached hydrogen (secondary N) is 2. The maximum Gasteiger partial charge on any atom is 0.221 e. The quantitative estimate of drug-likeness (QED) is 0.721. The molecule has 1 aliphatic heterocycles. The lowest BCUT2D eigenvalue weighted by molar-refractivity contribution is -0.121. The van der Waals surface area contributed by atoms with Crippen molar-refractivity contribution in [1.29, 1.82) is 0 Å². The van der Waals surface area contributed by atoms with E-state index in [4.69, 9.17) is 0 Å². The van der Waals surface area contributed by atoms with Gasteiger partial charge in [-0.25, -0.2) is 0 Å². The van der Waals surface area contributed by atoms with Gasteiger partial charge in [-0.1, -0.05) is 25.7 Å². The highest BCUT2D eigenvalue weighted by atomic mass is 16.1. The van der Waals surface area contributed by atoms with Gasteiger partial charge in [0.25, 0.3) is 0 Å². The maximum absolute atomic E-state index is 11.4. The van der Waals surface area contributed by atoms with E-state index >= 15 is 0 Å². The number of rotatable bonds is 5. The monoisotopic (exact) mass is 238 g/mol. The molecule has 2 rings (SSSR count). The highest BCUT2D eigenvalue weighted by molar-refractivity contribution is 5.76. The van der Waals surface area contributed by atoms with Crippen LogP contribution >= 0.6 is 0 Å². The molecule has 17 heavy (non-hydrogen) atoms. The van der Waals surface area contributed by atoms with Gasteiger partial charge in [0.2, 0.25) is 5.91 Å². The average molecular weight is 238 g/mol. The SMILES string of the molecule is O=C1CC(NCCCC2CCCC2)CCCN1. The van der Waals surface area contributed by atoms with Gasteiger partial charge in [0.1, 0.15) is 0 Å². The number of amides is 1. The Morgan fingerprint density at radius 3 is 2.82 bits per heavy atom. The van der Waals surface area contributed by atoms with E-state index in [1.807, 2.05) is 0 Å². The molecule has 3 nitrogen and oxygen atoms in total. The molecule has 0 radical (unpaired) electrons. The Labute approximate surface area is 105 Å². The summed E-state index contributed by atoms with van der Waals surface area (Å²) in [7, 11) is 0. The predicted molar refractivity (Wildman–Crippen MR) is 69.8 cm³/mol. The second kappa shape index (κ2) is 7.00. The van der Waals surface area contributed by atoms with Crippen molar-refractivity contribution < 1.29 is 4.79 Å². The fourth-order valence-corrected chi connectivity index (χ4v) is 3.14. The van der Waals surface area contributed by atoms with E-state index in [0.29, 0.717) is 12.5 Å². The van der Waals surface area contributed by atoms with Crippen molar-refractivity contribution in [2.24, 2.45) is 5.92 Å². The lowest BCUT2D eigenvalue weighted by Crippen LogP contribution is -2.33. The number of carbonyl (C=O) groups is 1. The van der Waals surface area contributed by atoms with Crippen LogP contribution in [0.15, 0.2) is 0 Å². The van der Waals surface area contributed by atoms with E-state index < -0.39 is 0 Å². The number of hydrogen-bond acceptors (Lipinski definition) is 2. The molecule has 0 spiro atoms. The smallest absolute Gasteiger partial charge is 0.221 e. The Morgan fingerprint density at radius 1 is 1.18 bits per heavy atom. The zero-order chi connectivity index (χ0) is 11.9. The third-order valence-corrected chi connectivity index (χ3v) is 4.18. The molecule has 1 saturated heterocycles. The zero-order valence-electron chi connectivity index (χ0n) is 10.8. The first-order valence-corrected chi connectivity index (χ1v) is 7.34. The number of hydrogen-bond donors (Lipinski definition) is 2. The average Bonchev–Trinajstić information content (AvgIpc) is 2.74. The Hall–Kier alpha value is -0.570. The van der Waals surface area contributed by atoms with Crippen molar-refractivity contribution in [2.75, 3.05) is 13.1 Å². The van der Waals surface area contributed by atoms with Gasteiger partial charge in [-0.15, -0.1) is 0 Å². The van der Waals surface area contributed by atoms with Crippen LogP contribution in [-0.2, 0) is 4.79 Å². The molecule has 0 aromatic carbocycles. The lowest BCUT2D eigenvalue weighted by atomic mass is 10.0. The molecule has 3 heteroatoms. The second-order valence-corrected chi connectivity index (χ2v) is 5.64. The summed E-state index contributed by atoms with van der Waals surface area (Å²) in [6.45, 7) is 1.95. The first-order valence-electron chi connectivity index (χ1n) is 7.34. The summed E-state index contributed by atoms with van der Waals surface area (Å²) in [6.07, 6.45) is 11.4. The van der Waals surface area contributed by atoms with Gasteiger partial charge in [0, 0.05) is 19.0 Å².